The first-order chi connectivity index (χ1) is 19.1. The van der Waals surface area contributed by atoms with Gasteiger partial charge in [-0.15, -0.1) is 0 Å². The van der Waals surface area contributed by atoms with Crippen molar-refractivity contribution in [1.29, 1.82) is 0 Å². The zero-order valence-corrected chi connectivity index (χ0v) is 26.9. The molecule has 40 heavy (non-hydrogen) atoms. The number of hydrogen-bond donors (Lipinski definition) is 1. The third-order valence-electron chi connectivity index (χ3n) is 7.11. The van der Waals surface area contributed by atoms with Crippen LogP contribution >= 0.6 is 38.5 Å². The van der Waals surface area contributed by atoms with Crippen molar-refractivity contribution in [1.82, 2.24) is 10.2 Å². The van der Waals surface area contributed by atoms with Gasteiger partial charge < -0.3 is 10.2 Å². The molecule has 0 spiro atoms. The number of benzene rings is 3. The summed E-state index contributed by atoms with van der Waals surface area (Å²) in [5, 5.41) is 3.12. The number of halogens is 2. The first-order valence-electron chi connectivity index (χ1n) is 13.3. The van der Waals surface area contributed by atoms with Crippen LogP contribution in [0.4, 0.5) is 5.69 Å². The number of hydrogen-bond acceptors (Lipinski definition) is 4. The second-order valence-corrected chi connectivity index (χ2v) is 14.0. The Morgan fingerprint density at radius 3 is 2.20 bits per heavy atom. The van der Waals surface area contributed by atoms with Crippen LogP contribution in [0.5, 0.6) is 0 Å². The molecule has 0 aromatic heterocycles. The van der Waals surface area contributed by atoms with Crippen LogP contribution < -0.4 is 9.62 Å². The van der Waals surface area contributed by atoms with E-state index in [1.807, 2.05) is 24.3 Å². The monoisotopic (exact) mass is 737 g/mol. The first kappa shape index (κ1) is 30.5. The Balaban J connectivity index is 1.65. The highest BCUT2D eigenvalue weighted by atomic mass is 127. The normalized spacial score (nSPS) is 14.8. The zero-order valence-electron chi connectivity index (χ0n) is 22.3. The third kappa shape index (κ3) is 7.85. The van der Waals surface area contributed by atoms with Crippen LogP contribution in [0.2, 0.25) is 0 Å². The molecule has 1 N–H and O–H groups in total. The van der Waals surface area contributed by atoms with E-state index in [1.165, 1.54) is 23.5 Å². The second-order valence-electron chi connectivity index (χ2n) is 9.97. The van der Waals surface area contributed by atoms with E-state index < -0.39 is 28.5 Å². The number of carbonyl (C=O) groups is 2. The van der Waals surface area contributed by atoms with Crippen LogP contribution in [0.15, 0.2) is 88.2 Å². The molecule has 212 valence electrons. The van der Waals surface area contributed by atoms with Gasteiger partial charge in [-0.05, 0) is 96.5 Å². The number of carbonyl (C=O) groups excluding carboxylic acids is 2. The van der Waals surface area contributed by atoms with Gasteiger partial charge in [0.2, 0.25) is 11.8 Å². The quantitative estimate of drug-likeness (QED) is 0.255. The SMILES string of the molecule is CC(C(=O)NC1CCCCC1)N(Cc1ccc(Br)cc1)C(=O)CN(c1ccc(I)cc1)S(=O)(=O)c1ccccc1. The minimum absolute atomic E-state index is 0.0869. The summed E-state index contributed by atoms with van der Waals surface area (Å²) in [5.74, 6) is -0.698. The minimum Gasteiger partial charge on any atom is -0.352 e. The lowest BCUT2D eigenvalue weighted by Crippen LogP contribution is -2.53. The Morgan fingerprint density at radius 1 is 0.950 bits per heavy atom. The Bertz CT molecular complexity index is 1400. The molecule has 2 amide bonds. The van der Waals surface area contributed by atoms with Gasteiger partial charge in [0, 0.05) is 20.6 Å². The van der Waals surface area contributed by atoms with Crippen LogP contribution in [-0.2, 0) is 26.2 Å². The Morgan fingerprint density at radius 2 is 1.57 bits per heavy atom. The average molecular weight is 738 g/mol. The predicted octanol–water partition coefficient (Wildman–Crippen LogP) is 6.12. The molecule has 1 aliphatic carbocycles. The number of nitrogens with one attached hydrogen (secondary N) is 1. The van der Waals surface area contributed by atoms with E-state index in [2.05, 4.69) is 43.8 Å². The second kappa shape index (κ2) is 14.0. The number of nitrogens with zero attached hydrogens (tertiary/aromatic N) is 2. The van der Waals surface area contributed by atoms with Gasteiger partial charge in [0.05, 0.1) is 10.6 Å². The molecule has 0 aliphatic heterocycles. The van der Waals surface area contributed by atoms with Gasteiger partial charge in [-0.2, -0.15) is 0 Å². The van der Waals surface area contributed by atoms with Gasteiger partial charge in [0.15, 0.2) is 0 Å². The van der Waals surface area contributed by atoms with Crippen molar-refractivity contribution in [2.75, 3.05) is 10.8 Å². The van der Waals surface area contributed by atoms with Crippen molar-refractivity contribution in [3.8, 4) is 0 Å². The largest absolute Gasteiger partial charge is 0.352 e. The number of rotatable bonds is 10. The van der Waals surface area contributed by atoms with E-state index in [1.54, 1.807) is 49.4 Å². The van der Waals surface area contributed by atoms with Crippen molar-refractivity contribution < 1.29 is 18.0 Å². The fourth-order valence-electron chi connectivity index (χ4n) is 4.79. The van der Waals surface area contributed by atoms with Crippen molar-refractivity contribution >= 4 is 66.0 Å². The van der Waals surface area contributed by atoms with Gasteiger partial charge in [-0.3, -0.25) is 13.9 Å². The maximum atomic E-state index is 14.0. The lowest BCUT2D eigenvalue weighted by atomic mass is 9.95. The summed E-state index contributed by atoms with van der Waals surface area (Å²) in [6, 6.07) is 21.9. The molecule has 0 radical (unpaired) electrons. The molecular weight excluding hydrogens is 705 g/mol. The lowest BCUT2D eigenvalue weighted by molar-refractivity contribution is -0.139. The van der Waals surface area contributed by atoms with E-state index in [0.717, 1.165) is 43.6 Å². The van der Waals surface area contributed by atoms with E-state index in [0.29, 0.717) is 5.69 Å². The summed E-state index contributed by atoms with van der Waals surface area (Å²) in [6.07, 6.45) is 5.16. The highest BCUT2D eigenvalue weighted by Gasteiger charge is 2.33. The van der Waals surface area contributed by atoms with Gasteiger partial charge >= 0.3 is 0 Å². The summed E-state index contributed by atoms with van der Waals surface area (Å²) >= 11 is 5.59. The van der Waals surface area contributed by atoms with Gasteiger partial charge in [0.1, 0.15) is 12.6 Å². The minimum atomic E-state index is -4.07. The highest BCUT2D eigenvalue weighted by Crippen LogP contribution is 2.26. The van der Waals surface area contributed by atoms with Gasteiger partial charge in [-0.1, -0.05) is 65.5 Å². The maximum Gasteiger partial charge on any atom is 0.264 e. The molecule has 0 heterocycles. The van der Waals surface area contributed by atoms with Crippen molar-refractivity contribution in [3.05, 3.63) is 92.5 Å². The molecule has 1 atom stereocenters. The molecule has 1 unspecified atom stereocenters. The fourth-order valence-corrected chi connectivity index (χ4v) is 6.85. The molecule has 7 nitrogen and oxygen atoms in total. The van der Waals surface area contributed by atoms with Crippen LogP contribution in [0.25, 0.3) is 0 Å². The van der Waals surface area contributed by atoms with Crippen LogP contribution in [0.1, 0.15) is 44.6 Å². The molecule has 1 saturated carbocycles. The molecule has 0 bridgehead atoms. The van der Waals surface area contributed by atoms with Crippen LogP contribution in [-0.4, -0.2) is 43.8 Å². The number of amides is 2. The Labute approximate surface area is 258 Å². The van der Waals surface area contributed by atoms with E-state index in [4.69, 9.17) is 0 Å². The summed E-state index contributed by atoms with van der Waals surface area (Å²) in [6.45, 7) is 1.42. The summed E-state index contributed by atoms with van der Waals surface area (Å²) in [4.78, 5) is 28.9. The highest BCUT2D eigenvalue weighted by molar-refractivity contribution is 14.1. The third-order valence-corrected chi connectivity index (χ3v) is 10.1. The van der Waals surface area contributed by atoms with Crippen molar-refractivity contribution in [2.24, 2.45) is 0 Å². The zero-order chi connectivity index (χ0) is 28.7. The lowest BCUT2D eigenvalue weighted by Gasteiger charge is -2.33. The smallest absolute Gasteiger partial charge is 0.264 e. The van der Waals surface area contributed by atoms with Crippen LogP contribution in [0.3, 0.4) is 0 Å². The topological polar surface area (TPSA) is 86.8 Å². The molecule has 1 aliphatic rings. The van der Waals surface area contributed by atoms with E-state index in [-0.39, 0.29) is 23.4 Å². The number of sulfonamides is 1. The molecule has 3 aromatic rings. The molecule has 3 aromatic carbocycles. The van der Waals surface area contributed by atoms with Crippen molar-refractivity contribution in [3.63, 3.8) is 0 Å². The standard InChI is InChI=1S/C30H33BrIN3O4S/c1-22(30(37)33-26-8-4-2-5-9-26)34(20-23-12-14-24(31)15-13-23)29(36)21-35(27-18-16-25(32)17-19-27)40(38,39)28-10-6-3-7-11-28/h3,6-7,10-19,22,26H,2,4-5,8-9,20-21H2,1H3,(H,33,37). The molecule has 1 fully saturated rings. The van der Waals surface area contributed by atoms with E-state index >= 15 is 0 Å². The predicted molar refractivity (Wildman–Crippen MR) is 169 cm³/mol. The Kier molecular flexibility index (Phi) is 10.6. The summed E-state index contributed by atoms with van der Waals surface area (Å²) in [5.41, 5.74) is 1.21. The Hall–Kier alpha value is -2.44. The van der Waals surface area contributed by atoms with Crippen LogP contribution in [0, 0.1) is 3.57 Å². The number of anilines is 1. The summed E-state index contributed by atoms with van der Waals surface area (Å²) < 4.78 is 30.6. The van der Waals surface area contributed by atoms with Gasteiger partial charge in [0.25, 0.3) is 10.0 Å². The molecular formula is C30H33BrIN3O4S. The maximum absolute atomic E-state index is 14.0. The molecule has 0 saturated heterocycles. The van der Waals surface area contributed by atoms with Gasteiger partial charge in [-0.25, -0.2) is 8.42 Å². The summed E-state index contributed by atoms with van der Waals surface area (Å²) in [7, 11) is -4.07. The van der Waals surface area contributed by atoms with Crippen molar-refractivity contribution in [2.45, 2.75) is 62.6 Å². The molecule has 4 rings (SSSR count). The first-order valence-corrected chi connectivity index (χ1v) is 16.6. The average Bonchev–Trinajstić information content (AvgIpc) is 2.96. The molecule has 10 heteroatoms. The fraction of sp³-hybridized carbons (Fsp3) is 0.333. The van der Waals surface area contributed by atoms with E-state index in [9.17, 15) is 18.0 Å².